The van der Waals surface area contributed by atoms with Gasteiger partial charge in [-0.2, -0.15) is 0 Å². The van der Waals surface area contributed by atoms with Crippen LogP contribution in [0, 0.1) is 0 Å². The highest BCUT2D eigenvalue weighted by atomic mass is 16.6. The summed E-state index contributed by atoms with van der Waals surface area (Å²) in [7, 11) is 0. The predicted octanol–water partition coefficient (Wildman–Crippen LogP) is 8.69. The van der Waals surface area contributed by atoms with Crippen LogP contribution in [0.5, 0.6) is 0 Å². The van der Waals surface area contributed by atoms with Gasteiger partial charge in [-0.15, -0.1) is 0 Å². The van der Waals surface area contributed by atoms with Crippen molar-refractivity contribution in [2.45, 2.75) is 156 Å². The van der Waals surface area contributed by atoms with Gasteiger partial charge in [-0.05, 0) is 78.4 Å². The normalized spacial score (nSPS) is 11.1. The molecule has 1 aromatic rings. The van der Waals surface area contributed by atoms with Crippen molar-refractivity contribution in [2.24, 2.45) is 0 Å². The van der Waals surface area contributed by atoms with Crippen LogP contribution in [0.3, 0.4) is 0 Å². The van der Waals surface area contributed by atoms with E-state index in [1.165, 1.54) is 12.8 Å². The Bertz CT molecular complexity index is 877. The Balaban J connectivity index is 0.000000831. The second kappa shape index (κ2) is 22.7. The summed E-state index contributed by atoms with van der Waals surface area (Å²) in [5.41, 5.74) is 0.206. The minimum absolute atomic E-state index is 0.0546. The zero-order valence-corrected chi connectivity index (χ0v) is 27.2. The molecule has 0 spiro atoms. The standard InChI is InChI=1S/C20H38O4.C14H18O4/c1-4-7-14-17-20(5-2,6-3)24-19(23)16-13-11-9-8-10-12-15-18(21)22;1-9(2)17-13(15)11-7-5-6-8-12(11)14(16)18-10(3)4/h4-17H2,1-3H3,(H,21,22);5-10H,1-4H3. The average molecular weight is 593 g/mol. The molecule has 0 aliphatic rings. The third-order valence-corrected chi connectivity index (χ3v) is 6.93. The molecule has 0 heterocycles. The van der Waals surface area contributed by atoms with Gasteiger partial charge in [-0.1, -0.05) is 71.4 Å². The molecule has 0 fully saturated rings. The summed E-state index contributed by atoms with van der Waals surface area (Å²) in [4.78, 5) is 46.2. The van der Waals surface area contributed by atoms with E-state index < -0.39 is 17.9 Å². The van der Waals surface area contributed by atoms with Crippen LogP contribution in [-0.2, 0) is 23.8 Å². The van der Waals surface area contributed by atoms with Gasteiger partial charge in [-0.3, -0.25) is 9.59 Å². The molecule has 0 bridgehead atoms. The highest BCUT2D eigenvalue weighted by Gasteiger charge is 2.29. The zero-order valence-electron chi connectivity index (χ0n) is 27.2. The third-order valence-electron chi connectivity index (χ3n) is 6.93. The summed E-state index contributed by atoms with van der Waals surface area (Å²) in [6.07, 6.45) is 12.3. The maximum atomic E-state index is 12.1. The van der Waals surface area contributed by atoms with E-state index in [-0.39, 0.29) is 41.3 Å². The van der Waals surface area contributed by atoms with Crippen LogP contribution in [0.4, 0.5) is 0 Å². The van der Waals surface area contributed by atoms with Crippen molar-refractivity contribution in [3.05, 3.63) is 35.4 Å². The molecule has 0 saturated carbocycles. The summed E-state index contributed by atoms with van der Waals surface area (Å²) in [6.45, 7) is 13.4. The lowest BCUT2D eigenvalue weighted by Gasteiger charge is -2.31. The van der Waals surface area contributed by atoms with Crippen molar-refractivity contribution in [3.8, 4) is 0 Å². The number of hydrogen-bond donors (Lipinski definition) is 1. The molecule has 8 nitrogen and oxygen atoms in total. The Hall–Kier alpha value is -2.90. The molecule has 42 heavy (non-hydrogen) atoms. The van der Waals surface area contributed by atoms with Gasteiger partial charge in [0.1, 0.15) is 5.60 Å². The van der Waals surface area contributed by atoms with Crippen LogP contribution < -0.4 is 0 Å². The molecule has 0 atom stereocenters. The van der Waals surface area contributed by atoms with Gasteiger partial charge in [0.05, 0.1) is 23.3 Å². The number of benzene rings is 1. The number of rotatable bonds is 20. The van der Waals surface area contributed by atoms with Gasteiger partial charge < -0.3 is 19.3 Å². The molecule has 0 aliphatic heterocycles. The van der Waals surface area contributed by atoms with Crippen LogP contribution in [0.15, 0.2) is 24.3 Å². The Kier molecular flexibility index (Phi) is 21.1. The highest BCUT2D eigenvalue weighted by Crippen LogP contribution is 2.28. The fraction of sp³-hybridized carbons (Fsp3) is 0.706. The maximum absolute atomic E-state index is 12.1. The minimum atomic E-state index is -0.716. The minimum Gasteiger partial charge on any atom is -0.481 e. The number of carbonyl (C=O) groups is 4. The van der Waals surface area contributed by atoms with Gasteiger partial charge >= 0.3 is 23.9 Å². The third kappa shape index (κ3) is 17.8. The van der Waals surface area contributed by atoms with Crippen molar-refractivity contribution in [2.75, 3.05) is 0 Å². The van der Waals surface area contributed by atoms with E-state index in [4.69, 9.17) is 19.3 Å². The first-order valence-electron chi connectivity index (χ1n) is 15.9. The first kappa shape index (κ1) is 39.1. The van der Waals surface area contributed by atoms with Crippen LogP contribution >= 0.6 is 0 Å². The van der Waals surface area contributed by atoms with Crippen LogP contribution in [-0.4, -0.2) is 46.8 Å². The number of carboxylic acids is 1. The number of aliphatic carboxylic acids is 1. The van der Waals surface area contributed by atoms with E-state index in [9.17, 15) is 19.2 Å². The molecule has 1 rings (SSSR count). The molecule has 0 unspecified atom stereocenters. The van der Waals surface area contributed by atoms with Gasteiger partial charge in [0.2, 0.25) is 0 Å². The molecular weight excluding hydrogens is 536 g/mol. The maximum Gasteiger partial charge on any atom is 0.339 e. The summed E-state index contributed by atoms with van der Waals surface area (Å²) in [6, 6.07) is 6.48. The van der Waals surface area contributed by atoms with Gasteiger partial charge in [0.15, 0.2) is 0 Å². The number of unbranched alkanes of at least 4 members (excludes halogenated alkanes) is 7. The summed E-state index contributed by atoms with van der Waals surface area (Å²) in [5, 5.41) is 8.57. The molecule has 0 aromatic heterocycles. The largest absolute Gasteiger partial charge is 0.481 e. The Labute approximate surface area is 253 Å². The molecule has 1 N–H and O–H groups in total. The fourth-order valence-electron chi connectivity index (χ4n) is 4.44. The van der Waals surface area contributed by atoms with Gasteiger partial charge in [-0.25, -0.2) is 9.59 Å². The topological polar surface area (TPSA) is 116 Å². The van der Waals surface area contributed by atoms with E-state index in [0.717, 1.165) is 64.2 Å². The zero-order chi connectivity index (χ0) is 32.0. The molecule has 0 saturated heterocycles. The lowest BCUT2D eigenvalue weighted by atomic mass is 9.90. The predicted molar refractivity (Wildman–Crippen MR) is 166 cm³/mol. The number of ether oxygens (including phenoxy) is 3. The van der Waals surface area contributed by atoms with Crippen LogP contribution in [0.2, 0.25) is 0 Å². The lowest BCUT2D eigenvalue weighted by molar-refractivity contribution is -0.162. The van der Waals surface area contributed by atoms with Gasteiger partial charge in [0, 0.05) is 12.8 Å². The Morgan fingerprint density at radius 2 is 1.14 bits per heavy atom. The molecule has 0 aliphatic carbocycles. The van der Waals surface area contributed by atoms with E-state index in [0.29, 0.717) is 6.42 Å². The SMILES string of the molecule is CC(C)OC(=O)c1ccccc1C(=O)OC(C)C.CCCCCC(CC)(CC)OC(=O)CCCCCCCCC(=O)O. The van der Waals surface area contributed by atoms with Crippen LogP contribution in [0.1, 0.15) is 159 Å². The molecule has 240 valence electrons. The Morgan fingerprint density at radius 3 is 1.55 bits per heavy atom. The smallest absolute Gasteiger partial charge is 0.339 e. The molecule has 8 heteroatoms. The van der Waals surface area contributed by atoms with Crippen molar-refractivity contribution < 1.29 is 38.5 Å². The first-order chi connectivity index (χ1) is 19.9. The summed E-state index contributed by atoms with van der Waals surface area (Å²) in [5.74, 6) is -1.80. The van der Waals surface area contributed by atoms with E-state index in [1.807, 2.05) is 0 Å². The number of carbonyl (C=O) groups excluding carboxylic acids is 3. The number of esters is 3. The monoisotopic (exact) mass is 592 g/mol. The van der Waals surface area contributed by atoms with Crippen molar-refractivity contribution in [1.82, 2.24) is 0 Å². The van der Waals surface area contributed by atoms with Crippen molar-refractivity contribution >= 4 is 23.9 Å². The Morgan fingerprint density at radius 1 is 0.690 bits per heavy atom. The molecule has 0 amide bonds. The van der Waals surface area contributed by atoms with E-state index in [1.54, 1.807) is 52.0 Å². The first-order valence-corrected chi connectivity index (χ1v) is 15.9. The fourth-order valence-corrected chi connectivity index (χ4v) is 4.44. The highest BCUT2D eigenvalue weighted by molar-refractivity contribution is 6.03. The molecule has 0 radical (unpaired) electrons. The lowest BCUT2D eigenvalue weighted by Crippen LogP contribution is -2.33. The second-order valence-electron chi connectivity index (χ2n) is 11.3. The summed E-state index contributed by atoms with van der Waals surface area (Å²) < 4.78 is 16.0. The average Bonchev–Trinajstić information content (AvgIpc) is 2.93. The van der Waals surface area contributed by atoms with E-state index >= 15 is 0 Å². The number of hydrogen-bond acceptors (Lipinski definition) is 7. The van der Waals surface area contributed by atoms with Gasteiger partial charge in [0.25, 0.3) is 0 Å². The quantitative estimate of drug-likeness (QED) is 0.0908. The van der Waals surface area contributed by atoms with Crippen molar-refractivity contribution in [1.29, 1.82) is 0 Å². The second-order valence-corrected chi connectivity index (χ2v) is 11.3. The van der Waals surface area contributed by atoms with Crippen LogP contribution in [0.25, 0.3) is 0 Å². The van der Waals surface area contributed by atoms with E-state index in [2.05, 4.69) is 20.8 Å². The number of carboxylic acid groups (broad SMARTS) is 1. The van der Waals surface area contributed by atoms with Crippen molar-refractivity contribution in [3.63, 3.8) is 0 Å². The summed E-state index contributed by atoms with van der Waals surface area (Å²) >= 11 is 0. The molecular formula is C34H56O8. The molecule has 1 aromatic carbocycles.